The zero-order valence-corrected chi connectivity index (χ0v) is 21.9. The molecule has 40 heavy (non-hydrogen) atoms. The summed E-state index contributed by atoms with van der Waals surface area (Å²) in [4.78, 5) is 34.2. The van der Waals surface area contributed by atoms with Crippen LogP contribution in [-0.4, -0.2) is 59.8 Å². The molecule has 11 nitrogen and oxygen atoms in total. The van der Waals surface area contributed by atoms with Crippen LogP contribution in [0.15, 0.2) is 79.1 Å². The highest BCUT2D eigenvalue weighted by molar-refractivity contribution is 6.07. The second-order valence-electron chi connectivity index (χ2n) is 9.42. The highest BCUT2D eigenvalue weighted by atomic mass is 16.4. The lowest BCUT2D eigenvalue weighted by Gasteiger charge is -2.20. The van der Waals surface area contributed by atoms with E-state index in [1.54, 1.807) is 19.3 Å². The molecule has 0 atom stereocenters. The molecule has 202 valence electrons. The van der Waals surface area contributed by atoms with Gasteiger partial charge in [0.15, 0.2) is 5.82 Å². The molecular formula is C29H28N8O3. The van der Waals surface area contributed by atoms with Crippen molar-refractivity contribution < 1.29 is 14.7 Å². The first-order valence-electron chi connectivity index (χ1n) is 12.6. The minimum Gasteiger partial charge on any atom is -0.465 e. The van der Waals surface area contributed by atoms with Gasteiger partial charge in [0.2, 0.25) is 5.91 Å². The normalized spacial score (nSPS) is 11.0. The number of hydrogen-bond acceptors (Lipinski definition) is 7. The number of nitrogens with one attached hydrogen (secondary N) is 1. The molecule has 2 aromatic carbocycles. The van der Waals surface area contributed by atoms with Crippen molar-refractivity contribution in [2.75, 3.05) is 18.8 Å². The minimum absolute atomic E-state index is 0.156. The summed E-state index contributed by atoms with van der Waals surface area (Å²) < 4.78 is 2.09. The number of fused-ring (bicyclic) bond motifs is 3. The maximum atomic E-state index is 11.8. The molecule has 0 saturated carbocycles. The van der Waals surface area contributed by atoms with Crippen molar-refractivity contribution in [1.82, 2.24) is 34.9 Å². The highest BCUT2D eigenvalue weighted by Gasteiger charge is 2.19. The molecule has 0 aliphatic rings. The van der Waals surface area contributed by atoms with Crippen LogP contribution in [0.25, 0.3) is 33.3 Å². The van der Waals surface area contributed by atoms with Gasteiger partial charge in [-0.3, -0.25) is 4.79 Å². The van der Waals surface area contributed by atoms with Crippen molar-refractivity contribution in [2.45, 2.75) is 20.0 Å². The fourth-order valence-corrected chi connectivity index (χ4v) is 4.51. The molecule has 0 saturated heterocycles. The number of para-hydroxylation sites is 1. The Kier molecular flexibility index (Phi) is 7.36. The van der Waals surface area contributed by atoms with E-state index < -0.39 is 6.09 Å². The van der Waals surface area contributed by atoms with Gasteiger partial charge >= 0.3 is 6.09 Å². The Hall–Kier alpha value is -5.32. The lowest BCUT2D eigenvalue weighted by atomic mass is 10.1. The third-order valence-electron chi connectivity index (χ3n) is 6.52. The number of rotatable bonds is 9. The van der Waals surface area contributed by atoms with Crippen LogP contribution in [0.3, 0.4) is 0 Å². The molecule has 4 N–H and O–H groups in total. The number of carbonyl (C=O) groups is 2. The second-order valence-corrected chi connectivity index (χ2v) is 9.42. The number of nitrogen functional groups attached to an aromatic ring is 1. The van der Waals surface area contributed by atoms with E-state index in [-0.39, 0.29) is 25.5 Å². The van der Waals surface area contributed by atoms with Crippen LogP contribution in [0.5, 0.6) is 0 Å². The molecule has 2 amide bonds. The summed E-state index contributed by atoms with van der Waals surface area (Å²) in [6.45, 7) is 6.21. The number of anilines is 1. The molecule has 5 rings (SSSR count). The number of pyridine rings is 1. The Morgan fingerprint density at radius 1 is 1.05 bits per heavy atom. The summed E-state index contributed by atoms with van der Waals surface area (Å²) >= 11 is 0. The zero-order chi connectivity index (χ0) is 28.2. The third kappa shape index (κ3) is 5.44. The van der Waals surface area contributed by atoms with Gasteiger partial charge < -0.3 is 25.6 Å². The number of nitrogens with two attached hydrogens (primary N) is 1. The molecule has 0 fully saturated rings. The third-order valence-corrected chi connectivity index (χ3v) is 6.52. The number of imidazole rings is 1. The van der Waals surface area contributed by atoms with E-state index in [4.69, 9.17) is 10.7 Å². The molecule has 0 unspecified atom stereocenters. The van der Waals surface area contributed by atoms with Gasteiger partial charge in [-0.05, 0) is 30.2 Å². The number of amides is 2. The van der Waals surface area contributed by atoms with Crippen LogP contribution in [0.2, 0.25) is 0 Å². The summed E-state index contributed by atoms with van der Waals surface area (Å²) in [6, 6.07) is 17.4. The summed E-state index contributed by atoms with van der Waals surface area (Å²) in [7, 11) is 0. The van der Waals surface area contributed by atoms with Crippen molar-refractivity contribution >= 4 is 39.8 Å². The van der Waals surface area contributed by atoms with E-state index in [2.05, 4.69) is 31.6 Å². The van der Waals surface area contributed by atoms with Gasteiger partial charge in [0.05, 0.1) is 23.4 Å². The number of aromatic nitrogens is 5. The average molecular weight is 537 g/mol. The van der Waals surface area contributed by atoms with Crippen molar-refractivity contribution in [3.63, 3.8) is 0 Å². The number of hydrogen-bond donors (Lipinski definition) is 3. The average Bonchev–Trinajstić information content (AvgIpc) is 3.33. The topological polar surface area (TPSA) is 152 Å². The molecule has 0 bridgehead atoms. The van der Waals surface area contributed by atoms with Crippen LogP contribution in [0, 0.1) is 0 Å². The van der Waals surface area contributed by atoms with Gasteiger partial charge in [0.1, 0.15) is 11.3 Å². The predicted octanol–water partition coefficient (Wildman–Crippen LogP) is 3.84. The van der Waals surface area contributed by atoms with Gasteiger partial charge in [0, 0.05) is 42.7 Å². The Morgan fingerprint density at radius 2 is 1.80 bits per heavy atom. The van der Waals surface area contributed by atoms with Crippen molar-refractivity contribution in [2.24, 2.45) is 0 Å². The molecule has 3 aromatic heterocycles. The number of nitrogens with zero attached hydrogens (tertiary/aromatic N) is 6. The molecule has 0 aliphatic heterocycles. The smallest absolute Gasteiger partial charge is 0.407 e. The molecular weight excluding hydrogens is 508 g/mol. The lowest BCUT2D eigenvalue weighted by molar-refractivity contribution is -0.117. The van der Waals surface area contributed by atoms with Crippen molar-refractivity contribution in [1.29, 1.82) is 0 Å². The van der Waals surface area contributed by atoms with E-state index in [0.717, 1.165) is 33.1 Å². The Balaban J connectivity index is 1.44. The largest absolute Gasteiger partial charge is 0.465 e. The van der Waals surface area contributed by atoms with Crippen molar-refractivity contribution in [3.05, 3.63) is 90.3 Å². The van der Waals surface area contributed by atoms with Gasteiger partial charge in [-0.2, -0.15) is 10.2 Å². The fourth-order valence-electron chi connectivity index (χ4n) is 4.51. The molecule has 0 aliphatic carbocycles. The van der Waals surface area contributed by atoms with Crippen LogP contribution >= 0.6 is 0 Å². The van der Waals surface area contributed by atoms with Gasteiger partial charge in [-0.1, -0.05) is 49.0 Å². The molecule has 0 radical (unpaired) electrons. The number of carbonyl (C=O) groups excluding carboxylic acids is 1. The zero-order valence-electron chi connectivity index (χ0n) is 21.9. The molecule has 5 aromatic rings. The maximum absolute atomic E-state index is 11.8. The van der Waals surface area contributed by atoms with E-state index >= 15 is 0 Å². The maximum Gasteiger partial charge on any atom is 0.407 e. The lowest BCUT2D eigenvalue weighted by Crippen LogP contribution is -2.37. The van der Waals surface area contributed by atoms with Crippen LogP contribution in [0.4, 0.5) is 10.6 Å². The number of carboxylic acid groups (broad SMARTS) is 1. The predicted molar refractivity (Wildman–Crippen MR) is 152 cm³/mol. The first-order chi connectivity index (χ1) is 19.3. The molecule has 3 heterocycles. The van der Waals surface area contributed by atoms with Crippen LogP contribution in [0.1, 0.15) is 18.1 Å². The second kappa shape index (κ2) is 11.2. The van der Waals surface area contributed by atoms with Crippen LogP contribution < -0.4 is 11.1 Å². The Morgan fingerprint density at radius 3 is 2.50 bits per heavy atom. The fraction of sp³-hybridized carbons (Fsp3) is 0.172. The monoisotopic (exact) mass is 536 g/mol. The Bertz CT molecular complexity index is 1720. The Labute approximate surface area is 230 Å². The first-order valence-corrected chi connectivity index (χ1v) is 12.6. The molecule has 0 spiro atoms. The van der Waals surface area contributed by atoms with E-state index in [9.17, 15) is 14.7 Å². The van der Waals surface area contributed by atoms with Gasteiger partial charge in [-0.25, -0.2) is 14.8 Å². The van der Waals surface area contributed by atoms with Gasteiger partial charge in [-0.15, -0.1) is 0 Å². The minimum atomic E-state index is -1.06. The number of benzene rings is 2. The summed E-state index contributed by atoms with van der Waals surface area (Å²) in [5.74, 6) is 0.737. The van der Waals surface area contributed by atoms with Crippen LogP contribution in [-0.2, 0) is 17.9 Å². The van der Waals surface area contributed by atoms with E-state index in [1.165, 1.54) is 4.90 Å². The first kappa shape index (κ1) is 26.3. The SMILES string of the molecule is C=C(C)C(=O)NCCN(Cc1ccc(Cn2c(-c3ccnnc3)nc3c(N)nc4ccccc4c32)cc1)C(=O)O. The summed E-state index contributed by atoms with van der Waals surface area (Å²) in [5.41, 5.74) is 11.6. The quantitative estimate of drug-likeness (QED) is 0.240. The molecule has 11 heteroatoms. The highest BCUT2D eigenvalue weighted by Crippen LogP contribution is 2.32. The summed E-state index contributed by atoms with van der Waals surface area (Å²) in [6.07, 6.45) is 2.21. The summed E-state index contributed by atoms with van der Waals surface area (Å²) in [5, 5.41) is 21.2. The van der Waals surface area contributed by atoms with E-state index in [1.807, 2.05) is 54.6 Å². The van der Waals surface area contributed by atoms with Gasteiger partial charge in [0.25, 0.3) is 0 Å². The van der Waals surface area contributed by atoms with Crippen molar-refractivity contribution in [3.8, 4) is 11.4 Å². The standard InChI is InChI=1S/C29H28N8O3/c1-18(2)28(38)31-13-14-36(29(39)40)16-19-7-9-20(10-8-19)17-37-25-22-5-3-4-6-23(22)34-26(30)24(25)35-27(37)21-11-12-32-33-15-21/h3-12,15H,1,13-14,16-17H2,2H3,(H2,30,34)(H,31,38)(H,39,40). The van der Waals surface area contributed by atoms with E-state index in [0.29, 0.717) is 29.3 Å².